The zero-order chi connectivity index (χ0) is 19.3. The minimum Gasteiger partial charge on any atom is -0.382 e. The Morgan fingerprint density at radius 1 is 1.31 bits per heavy atom. The summed E-state index contributed by atoms with van der Waals surface area (Å²) in [5.41, 5.74) is -2.05. The van der Waals surface area contributed by atoms with Gasteiger partial charge in [-0.1, -0.05) is 6.07 Å². The van der Waals surface area contributed by atoms with Gasteiger partial charge >= 0.3 is 6.18 Å². The number of alkyl halides is 5. The predicted octanol–water partition coefficient (Wildman–Crippen LogP) is 4.86. The summed E-state index contributed by atoms with van der Waals surface area (Å²) in [7, 11) is 0. The third-order valence-electron chi connectivity index (χ3n) is 4.42. The van der Waals surface area contributed by atoms with Gasteiger partial charge in [0.1, 0.15) is 11.9 Å². The molecule has 9 heteroatoms. The van der Waals surface area contributed by atoms with Crippen molar-refractivity contribution in [2.75, 3.05) is 0 Å². The van der Waals surface area contributed by atoms with Crippen molar-refractivity contribution < 1.29 is 31.4 Å². The van der Waals surface area contributed by atoms with Crippen molar-refractivity contribution in [2.45, 2.75) is 37.6 Å². The fourth-order valence-corrected chi connectivity index (χ4v) is 3.16. The van der Waals surface area contributed by atoms with Crippen LogP contribution in [0.15, 0.2) is 24.4 Å². The number of hydrogen-bond donors (Lipinski definition) is 1. The average Bonchev–Trinajstić information content (AvgIpc) is 2.92. The van der Waals surface area contributed by atoms with E-state index in [9.17, 15) is 31.4 Å². The Morgan fingerprint density at radius 3 is 2.62 bits per heavy atom. The van der Waals surface area contributed by atoms with Crippen LogP contribution in [-0.4, -0.2) is 15.6 Å². The molecule has 1 heterocycles. The molecule has 0 spiro atoms. The highest BCUT2D eigenvalue weighted by molar-refractivity contribution is 5.53. The van der Waals surface area contributed by atoms with Gasteiger partial charge in [-0.15, -0.1) is 0 Å². The molecule has 0 fully saturated rings. The van der Waals surface area contributed by atoms with E-state index in [1.165, 1.54) is 6.07 Å². The van der Waals surface area contributed by atoms with Gasteiger partial charge in [0.05, 0.1) is 12.1 Å². The second-order valence-corrected chi connectivity index (χ2v) is 6.08. The molecule has 0 bridgehead atoms. The van der Waals surface area contributed by atoms with Gasteiger partial charge in [-0.2, -0.15) is 13.2 Å². The monoisotopic (exact) mass is 374 g/mol. The number of nitrogens with zero attached hydrogens (tertiary/aromatic N) is 2. The molecule has 3 nitrogen and oxygen atoms in total. The van der Waals surface area contributed by atoms with Crippen LogP contribution in [0, 0.1) is 12.4 Å². The highest BCUT2D eigenvalue weighted by atomic mass is 19.4. The molecule has 0 unspecified atom stereocenters. The number of aliphatic hydroxyl groups excluding tert-OH is 1. The smallest absolute Gasteiger partial charge is 0.382 e. The molecular weight excluding hydrogens is 362 g/mol. The number of halogens is 6. The van der Waals surface area contributed by atoms with Gasteiger partial charge in [0, 0.05) is 30.4 Å². The standard InChI is InChI=1S/C17H12F6N2O/c1-24-12-6-10(18)3-2-9(12)7-25-8-11(17(21,22)23)14-13(25)4-5-16(19,20)15(14)26/h2-3,6,8,15,26H,4-5,7H2/t15-/m0/s1. The number of aromatic nitrogens is 1. The highest BCUT2D eigenvalue weighted by Crippen LogP contribution is 2.47. The molecule has 1 aromatic heterocycles. The Hall–Kier alpha value is -2.47. The predicted molar refractivity (Wildman–Crippen MR) is 79.4 cm³/mol. The molecule has 0 radical (unpaired) electrons. The quantitative estimate of drug-likeness (QED) is 0.591. The van der Waals surface area contributed by atoms with Gasteiger partial charge in [-0.25, -0.2) is 18.0 Å². The van der Waals surface area contributed by atoms with Gasteiger partial charge in [0.25, 0.3) is 5.92 Å². The molecule has 26 heavy (non-hydrogen) atoms. The van der Waals surface area contributed by atoms with Crippen molar-refractivity contribution in [1.29, 1.82) is 0 Å². The second kappa shape index (κ2) is 6.06. The number of fused-ring (bicyclic) bond motifs is 1. The first kappa shape index (κ1) is 18.3. The molecule has 1 aliphatic carbocycles. The van der Waals surface area contributed by atoms with Gasteiger partial charge in [0.15, 0.2) is 5.69 Å². The number of rotatable bonds is 2. The average molecular weight is 374 g/mol. The SMILES string of the molecule is [C-]#[N+]c1cc(F)ccc1Cn1cc(C(F)(F)F)c2c1CCC(F)(F)[C@H]2O. The Kier molecular flexibility index (Phi) is 4.27. The lowest BCUT2D eigenvalue weighted by Crippen LogP contribution is -2.33. The third kappa shape index (κ3) is 3.05. The first-order chi connectivity index (χ1) is 12.0. The van der Waals surface area contributed by atoms with Gasteiger partial charge in [-0.3, -0.25) is 0 Å². The molecule has 0 saturated carbocycles. The normalized spacial score (nSPS) is 19.1. The van der Waals surface area contributed by atoms with E-state index < -0.39 is 41.6 Å². The largest absolute Gasteiger partial charge is 0.418 e. The van der Waals surface area contributed by atoms with E-state index in [-0.39, 0.29) is 29.9 Å². The molecule has 1 aliphatic rings. The summed E-state index contributed by atoms with van der Waals surface area (Å²) in [6.45, 7) is 6.83. The summed E-state index contributed by atoms with van der Waals surface area (Å²) in [5.74, 6) is -4.32. The lowest BCUT2D eigenvalue weighted by Gasteiger charge is -2.29. The molecule has 3 rings (SSSR count). The Labute approximate surface area is 144 Å². The second-order valence-electron chi connectivity index (χ2n) is 6.08. The van der Waals surface area contributed by atoms with Gasteiger partial charge in [-0.05, 0) is 24.1 Å². The minimum atomic E-state index is -4.92. The van der Waals surface area contributed by atoms with Crippen LogP contribution in [0.25, 0.3) is 4.85 Å². The summed E-state index contributed by atoms with van der Waals surface area (Å²) in [6.07, 6.45) is -7.97. The van der Waals surface area contributed by atoms with Crippen LogP contribution in [0.4, 0.5) is 32.0 Å². The van der Waals surface area contributed by atoms with E-state index in [0.717, 1.165) is 16.7 Å². The summed E-state index contributed by atoms with van der Waals surface area (Å²) in [5, 5.41) is 9.79. The molecule has 1 N–H and O–H groups in total. The number of hydrogen-bond acceptors (Lipinski definition) is 1. The molecule has 1 atom stereocenters. The van der Waals surface area contributed by atoms with Crippen LogP contribution in [-0.2, 0) is 19.1 Å². The van der Waals surface area contributed by atoms with E-state index in [1.54, 1.807) is 0 Å². The van der Waals surface area contributed by atoms with E-state index in [2.05, 4.69) is 4.85 Å². The number of aliphatic hydroxyl groups is 1. The van der Waals surface area contributed by atoms with Crippen LogP contribution < -0.4 is 0 Å². The maximum absolute atomic E-state index is 13.7. The fraction of sp³-hybridized carbons (Fsp3) is 0.353. The summed E-state index contributed by atoms with van der Waals surface area (Å²) in [4.78, 5) is 3.14. The van der Waals surface area contributed by atoms with E-state index in [1.807, 2.05) is 0 Å². The Morgan fingerprint density at radius 2 is 2.00 bits per heavy atom. The first-order valence-corrected chi connectivity index (χ1v) is 7.55. The lowest BCUT2D eigenvalue weighted by molar-refractivity contribution is -0.147. The van der Waals surface area contributed by atoms with Crippen molar-refractivity contribution in [3.63, 3.8) is 0 Å². The minimum absolute atomic E-state index is 0.0593. The summed E-state index contributed by atoms with van der Waals surface area (Å²) in [6, 6.07) is 3.27. The maximum Gasteiger partial charge on any atom is 0.418 e. The van der Waals surface area contributed by atoms with Crippen LogP contribution in [0.2, 0.25) is 0 Å². The van der Waals surface area contributed by atoms with Gasteiger partial charge in [0.2, 0.25) is 0 Å². The summed E-state index contributed by atoms with van der Waals surface area (Å²) < 4.78 is 81.6. The van der Waals surface area contributed by atoms with Crippen molar-refractivity contribution in [1.82, 2.24) is 4.57 Å². The molecule has 1 aromatic carbocycles. The van der Waals surface area contributed by atoms with Crippen LogP contribution >= 0.6 is 0 Å². The van der Waals surface area contributed by atoms with E-state index >= 15 is 0 Å². The van der Waals surface area contributed by atoms with Crippen molar-refractivity contribution in [2.24, 2.45) is 0 Å². The molecule has 138 valence electrons. The van der Waals surface area contributed by atoms with Crippen molar-refractivity contribution >= 4 is 5.69 Å². The summed E-state index contributed by atoms with van der Waals surface area (Å²) >= 11 is 0. The van der Waals surface area contributed by atoms with Crippen LogP contribution in [0.3, 0.4) is 0 Å². The Bertz CT molecular complexity index is 894. The van der Waals surface area contributed by atoms with E-state index in [0.29, 0.717) is 6.20 Å². The molecule has 0 saturated heterocycles. The molecule has 0 aliphatic heterocycles. The molecular formula is C17H12F6N2O. The topological polar surface area (TPSA) is 29.5 Å². The molecule has 2 aromatic rings. The highest BCUT2D eigenvalue weighted by Gasteiger charge is 2.50. The Balaban J connectivity index is 2.12. The van der Waals surface area contributed by atoms with Crippen LogP contribution in [0.1, 0.15) is 34.9 Å². The van der Waals surface area contributed by atoms with Crippen molar-refractivity contribution in [3.05, 3.63) is 64.0 Å². The first-order valence-electron chi connectivity index (χ1n) is 7.55. The zero-order valence-electron chi connectivity index (χ0n) is 13.1. The third-order valence-corrected chi connectivity index (χ3v) is 4.42. The fourth-order valence-electron chi connectivity index (χ4n) is 3.16. The van der Waals surface area contributed by atoms with Gasteiger partial charge < -0.3 is 9.67 Å². The van der Waals surface area contributed by atoms with E-state index in [4.69, 9.17) is 6.57 Å². The maximum atomic E-state index is 13.7. The molecule has 0 amide bonds. The zero-order valence-corrected chi connectivity index (χ0v) is 13.1. The van der Waals surface area contributed by atoms with Crippen LogP contribution in [0.5, 0.6) is 0 Å². The lowest BCUT2D eigenvalue weighted by atomic mass is 9.89. The van der Waals surface area contributed by atoms with Crippen molar-refractivity contribution in [3.8, 4) is 0 Å². The number of benzene rings is 1.